The third-order valence-electron chi connectivity index (χ3n) is 5.62. The summed E-state index contributed by atoms with van der Waals surface area (Å²) < 4.78 is 28.6. The number of hydrazone groups is 1. The van der Waals surface area contributed by atoms with Crippen LogP contribution in [0.4, 0.5) is 5.69 Å². The number of benzene rings is 3. The van der Waals surface area contributed by atoms with Gasteiger partial charge in [0, 0.05) is 16.3 Å². The summed E-state index contributed by atoms with van der Waals surface area (Å²) in [7, 11) is -3.87. The molecule has 1 N–H and O–H groups in total. The van der Waals surface area contributed by atoms with Crippen molar-refractivity contribution >= 4 is 38.9 Å². The van der Waals surface area contributed by atoms with Gasteiger partial charge in [-0.15, -0.1) is 0 Å². The van der Waals surface area contributed by atoms with E-state index < -0.39 is 10.0 Å². The predicted octanol–water partition coefficient (Wildman–Crippen LogP) is 6.34. The number of sulfonamides is 1. The molecule has 8 heteroatoms. The Bertz CT molecular complexity index is 1290. The number of rotatable bonds is 10. The molecule has 0 unspecified atom stereocenters. The van der Waals surface area contributed by atoms with Crippen molar-refractivity contribution in [2.75, 3.05) is 4.31 Å². The van der Waals surface area contributed by atoms with Gasteiger partial charge in [0.2, 0.25) is 0 Å². The molecule has 0 aliphatic rings. The fraction of sp³-hybridized carbons (Fsp3) is 0.259. The van der Waals surface area contributed by atoms with Crippen molar-refractivity contribution in [2.45, 2.75) is 51.5 Å². The van der Waals surface area contributed by atoms with Crippen LogP contribution in [0.15, 0.2) is 82.8 Å². The number of nitrogens with zero attached hydrogens (tertiary/aromatic N) is 2. The molecule has 0 saturated heterocycles. The Kier molecular flexibility index (Phi) is 9.07. The van der Waals surface area contributed by atoms with E-state index in [-0.39, 0.29) is 17.3 Å². The van der Waals surface area contributed by atoms with Gasteiger partial charge in [-0.05, 0) is 74.2 Å². The van der Waals surface area contributed by atoms with E-state index in [0.29, 0.717) is 21.8 Å². The number of halogens is 1. The maximum Gasteiger partial charge on any atom is 0.271 e. The van der Waals surface area contributed by atoms with Gasteiger partial charge in [-0.1, -0.05) is 61.3 Å². The summed E-state index contributed by atoms with van der Waals surface area (Å²) in [4.78, 5) is 12.7. The minimum absolute atomic E-state index is 0.0780. The van der Waals surface area contributed by atoms with Gasteiger partial charge in [0.15, 0.2) is 0 Å². The van der Waals surface area contributed by atoms with Crippen LogP contribution in [0.5, 0.6) is 0 Å². The predicted molar refractivity (Wildman–Crippen MR) is 143 cm³/mol. The smallest absolute Gasteiger partial charge is 0.267 e. The molecule has 3 aromatic rings. The van der Waals surface area contributed by atoms with Crippen LogP contribution < -0.4 is 9.73 Å². The van der Waals surface area contributed by atoms with E-state index in [1.807, 2.05) is 6.92 Å². The molecule has 1 amide bonds. The lowest BCUT2D eigenvalue weighted by Gasteiger charge is -2.26. The second-order valence-electron chi connectivity index (χ2n) is 8.30. The van der Waals surface area contributed by atoms with Crippen LogP contribution in [0, 0.1) is 6.92 Å². The molecule has 0 fully saturated rings. The monoisotopic (exact) mass is 511 g/mol. The lowest BCUT2D eigenvalue weighted by molar-refractivity contribution is 0.0954. The van der Waals surface area contributed by atoms with Crippen LogP contribution in [-0.2, 0) is 16.6 Å². The summed E-state index contributed by atoms with van der Waals surface area (Å²) in [6.07, 6.45) is 2.92. The minimum Gasteiger partial charge on any atom is -0.267 e. The fourth-order valence-corrected chi connectivity index (χ4v) is 5.21. The van der Waals surface area contributed by atoms with Crippen molar-refractivity contribution < 1.29 is 13.2 Å². The Morgan fingerprint density at radius 1 is 1.00 bits per heavy atom. The molecule has 35 heavy (non-hydrogen) atoms. The van der Waals surface area contributed by atoms with Gasteiger partial charge in [0.05, 0.1) is 17.1 Å². The molecular formula is C27H30ClN3O3S. The van der Waals surface area contributed by atoms with Gasteiger partial charge >= 0.3 is 0 Å². The van der Waals surface area contributed by atoms with Gasteiger partial charge in [-0.2, -0.15) is 5.10 Å². The second kappa shape index (κ2) is 12.0. The fourth-order valence-electron chi connectivity index (χ4n) is 3.51. The van der Waals surface area contributed by atoms with Gasteiger partial charge in [0.1, 0.15) is 0 Å². The largest absolute Gasteiger partial charge is 0.271 e. The average Bonchev–Trinajstić information content (AvgIpc) is 2.87. The normalized spacial score (nSPS) is 11.8. The Labute approximate surface area is 212 Å². The van der Waals surface area contributed by atoms with Gasteiger partial charge in [-0.25, -0.2) is 13.8 Å². The molecule has 0 atom stereocenters. The first-order chi connectivity index (χ1) is 16.7. The molecule has 3 rings (SSSR count). The number of unbranched alkanes of at least 4 members (excludes halogenated alkanes) is 1. The summed E-state index contributed by atoms with van der Waals surface area (Å²) in [5.41, 5.74) is 5.79. The first kappa shape index (κ1) is 26.4. The van der Waals surface area contributed by atoms with Crippen molar-refractivity contribution in [3.8, 4) is 0 Å². The zero-order valence-corrected chi connectivity index (χ0v) is 21.7. The lowest BCUT2D eigenvalue weighted by atomic mass is 10.1. The summed E-state index contributed by atoms with van der Waals surface area (Å²) in [5.74, 6) is -0.313. The maximum absolute atomic E-state index is 13.6. The van der Waals surface area contributed by atoms with Crippen LogP contribution in [0.2, 0.25) is 5.02 Å². The van der Waals surface area contributed by atoms with E-state index in [9.17, 15) is 13.2 Å². The highest BCUT2D eigenvalue weighted by molar-refractivity contribution is 7.92. The van der Waals surface area contributed by atoms with Crippen LogP contribution >= 0.6 is 11.6 Å². The zero-order chi connectivity index (χ0) is 25.4. The van der Waals surface area contributed by atoms with E-state index in [0.717, 1.165) is 30.5 Å². The van der Waals surface area contributed by atoms with E-state index in [1.165, 1.54) is 4.31 Å². The van der Waals surface area contributed by atoms with Crippen molar-refractivity contribution in [2.24, 2.45) is 5.10 Å². The Morgan fingerprint density at radius 3 is 2.34 bits per heavy atom. The SMILES string of the molecule is CCCC/C(C)=N\NC(=O)c1ccc(CN(c2cccc(Cl)c2C)S(=O)(=O)c2ccccc2)cc1. The number of carbonyl (C=O) groups excluding carboxylic acids is 1. The molecule has 0 aromatic heterocycles. The Morgan fingerprint density at radius 2 is 1.69 bits per heavy atom. The third kappa shape index (κ3) is 6.71. The number of nitrogens with one attached hydrogen (secondary N) is 1. The molecule has 0 radical (unpaired) electrons. The molecule has 0 aliphatic heterocycles. The van der Waals surface area contributed by atoms with E-state index in [4.69, 9.17) is 11.6 Å². The van der Waals surface area contributed by atoms with Crippen LogP contribution in [-0.4, -0.2) is 20.0 Å². The van der Waals surface area contributed by atoms with E-state index in [1.54, 1.807) is 79.7 Å². The molecule has 184 valence electrons. The van der Waals surface area contributed by atoms with Gasteiger partial charge in [0.25, 0.3) is 15.9 Å². The highest BCUT2D eigenvalue weighted by atomic mass is 35.5. The minimum atomic E-state index is -3.87. The molecule has 0 bridgehead atoms. The van der Waals surface area contributed by atoms with Crippen LogP contribution in [0.1, 0.15) is 54.6 Å². The summed E-state index contributed by atoms with van der Waals surface area (Å²) in [5, 5.41) is 4.63. The molecule has 0 spiro atoms. The van der Waals surface area contributed by atoms with E-state index in [2.05, 4.69) is 17.5 Å². The second-order valence-corrected chi connectivity index (χ2v) is 10.6. The standard InChI is InChI=1S/C27H30ClN3O3S/c1-4-5-10-20(2)29-30-27(32)23-17-15-22(16-18-23)19-31(26-14-9-13-25(28)21(26)3)35(33,34)24-11-7-6-8-12-24/h6-9,11-18H,4-5,10,19H2,1-3H3,(H,30,32)/b29-20-. The quantitative estimate of drug-likeness (QED) is 0.255. The summed E-state index contributed by atoms with van der Waals surface area (Å²) >= 11 is 6.32. The molecule has 0 heterocycles. The maximum atomic E-state index is 13.6. The van der Waals surface area contributed by atoms with Gasteiger partial charge < -0.3 is 0 Å². The molecule has 3 aromatic carbocycles. The average molecular weight is 512 g/mol. The van der Waals surface area contributed by atoms with Crippen molar-refractivity contribution in [1.29, 1.82) is 0 Å². The summed E-state index contributed by atoms with van der Waals surface area (Å²) in [6.45, 7) is 5.86. The number of amides is 1. The number of hydrogen-bond acceptors (Lipinski definition) is 4. The molecule has 6 nitrogen and oxygen atoms in total. The first-order valence-corrected chi connectivity index (χ1v) is 13.3. The van der Waals surface area contributed by atoms with Crippen molar-refractivity contribution in [1.82, 2.24) is 5.43 Å². The highest BCUT2D eigenvalue weighted by Gasteiger charge is 2.27. The summed E-state index contributed by atoms with van der Waals surface area (Å²) in [6, 6.07) is 20.3. The third-order valence-corrected chi connectivity index (χ3v) is 7.81. The highest BCUT2D eigenvalue weighted by Crippen LogP contribution is 2.32. The number of hydrogen-bond donors (Lipinski definition) is 1. The van der Waals surface area contributed by atoms with Crippen molar-refractivity contribution in [3.63, 3.8) is 0 Å². The van der Waals surface area contributed by atoms with Crippen LogP contribution in [0.3, 0.4) is 0 Å². The molecule has 0 saturated carbocycles. The number of anilines is 1. The number of carbonyl (C=O) groups is 1. The lowest BCUT2D eigenvalue weighted by Crippen LogP contribution is -2.31. The molecular weight excluding hydrogens is 482 g/mol. The van der Waals surface area contributed by atoms with Gasteiger partial charge in [-0.3, -0.25) is 9.10 Å². The van der Waals surface area contributed by atoms with E-state index >= 15 is 0 Å². The topological polar surface area (TPSA) is 78.8 Å². The first-order valence-electron chi connectivity index (χ1n) is 11.5. The van der Waals surface area contributed by atoms with Crippen molar-refractivity contribution in [3.05, 3.63) is 94.5 Å². The Hall–Kier alpha value is -3.16. The molecule has 0 aliphatic carbocycles. The Balaban J connectivity index is 1.87. The zero-order valence-electron chi connectivity index (χ0n) is 20.2. The van der Waals surface area contributed by atoms with Crippen LogP contribution in [0.25, 0.3) is 0 Å².